The van der Waals surface area contributed by atoms with E-state index >= 15 is 0 Å². The van der Waals surface area contributed by atoms with Crippen molar-refractivity contribution in [3.8, 4) is 17.2 Å². The Labute approximate surface area is 200 Å². The summed E-state index contributed by atoms with van der Waals surface area (Å²) in [7, 11) is 1.58. The van der Waals surface area contributed by atoms with Gasteiger partial charge in [-0.05, 0) is 72.3 Å². The quantitative estimate of drug-likeness (QED) is 0.352. The molecular weight excluding hydrogens is 456 g/mol. The molecule has 0 saturated heterocycles. The number of nitrogens with one attached hydrogen (secondary N) is 2. The lowest BCUT2D eigenvalue weighted by Gasteiger charge is -2.04. The van der Waals surface area contributed by atoms with Crippen LogP contribution in [-0.2, 0) is 4.79 Å². The van der Waals surface area contributed by atoms with E-state index < -0.39 is 5.91 Å². The molecule has 0 bridgehead atoms. The number of amides is 2. The summed E-state index contributed by atoms with van der Waals surface area (Å²) in [5.41, 5.74) is 2.45. The minimum absolute atomic E-state index is 0.0273. The molecule has 34 heavy (non-hydrogen) atoms. The van der Waals surface area contributed by atoms with Gasteiger partial charge in [-0.3, -0.25) is 14.9 Å². The molecule has 4 aromatic rings. The van der Waals surface area contributed by atoms with Crippen molar-refractivity contribution in [1.29, 1.82) is 0 Å². The van der Waals surface area contributed by atoms with Gasteiger partial charge in [0.2, 0.25) is 11.8 Å². The highest BCUT2D eigenvalue weighted by Gasteiger charge is 2.13. The Morgan fingerprint density at radius 3 is 2.29 bits per heavy atom. The number of anilines is 2. The van der Waals surface area contributed by atoms with E-state index in [-0.39, 0.29) is 17.8 Å². The molecule has 170 valence electrons. The van der Waals surface area contributed by atoms with Crippen LogP contribution in [0.25, 0.3) is 17.5 Å². The molecule has 0 aliphatic heterocycles. The molecule has 0 atom stereocenters. The maximum atomic E-state index is 12.5. The average molecular weight is 475 g/mol. The van der Waals surface area contributed by atoms with Gasteiger partial charge in [-0.25, -0.2) is 0 Å². The Bertz CT molecular complexity index is 1310. The van der Waals surface area contributed by atoms with Gasteiger partial charge in [-0.1, -0.05) is 28.8 Å². The molecule has 2 N–H and O–H groups in total. The highest BCUT2D eigenvalue weighted by molar-refractivity contribution is 6.30. The molecule has 2 amide bonds. The monoisotopic (exact) mass is 474 g/mol. The van der Waals surface area contributed by atoms with Crippen LogP contribution < -0.4 is 15.4 Å². The van der Waals surface area contributed by atoms with E-state index in [4.69, 9.17) is 20.8 Å². The Hall–Kier alpha value is -4.43. The first-order valence-corrected chi connectivity index (χ1v) is 10.5. The molecule has 0 saturated carbocycles. The third-order valence-electron chi connectivity index (χ3n) is 4.69. The van der Waals surface area contributed by atoms with Gasteiger partial charge in [-0.2, -0.15) is 0 Å². The normalized spacial score (nSPS) is 10.8. The van der Waals surface area contributed by atoms with Gasteiger partial charge >= 0.3 is 6.01 Å². The van der Waals surface area contributed by atoms with E-state index in [9.17, 15) is 9.59 Å². The second-order valence-corrected chi connectivity index (χ2v) is 7.48. The van der Waals surface area contributed by atoms with Crippen molar-refractivity contribution >= 4 is 41.2 Å². The van der Waals surface area contributed by atoms with E-state index in [0.717, 1.165) is 5.56 Å². The summed E-state index contributed by atoms with van der Waals surface area (Å²) < 4.78 is 10.6. The van der Waals surface area contributed by atoms with Crippen molar-refractivity contribution < 1.29 is 18.7 Å². The molecule has 9 heteroatoms. The molecule has 1 aromatic heterocycles. The number of halogens is 1. The molecule has 0 aliphatic carbocycles. The standard InChI is InChI=1S/C25H19ClN4O4/c1-33-21-13-7-18(8-14-21)24-29-30-25(34-24)28-23(32)17-5-11-20(12-6-17)27-22(31)15-4-16-2-9-19(26)10-3-16/h2-15H,1H3,(H,27,31)(H,28,30,32)/b15-4+. The van der Waals surface area contributed by atoms with Crippen LogP contribution in [0.4, 0.5) is 11.7 Å². The number of hydrogen-bond donors (Lipinski definition) is 2. The summed E-state index contributed by atoms with van der Waals surface area (Å²) in [6.07, 6.45) is 3.10. The van der Waals surface area contributed by atoms with E-state index in [1.807, 2.05) is 12.1 Å². The SMILES string of the molecule is COc1ccc(-c2nnc(NC(=O)c3ccc(NC(=O)/C=C/c4ccc(Cl)cc4)cc3)o2)cc1. The molecule has 1 heterocycles. The number of aromatic nitrogens is 2. The van der Waals surface area contributed by atoms with Gasteiger partial charge in [0.25, 0.3) is 5.91 Å². The van der Waals surface area contributed by atoms with Crippen molar-refractivity contribution in [2.45, 2.75) is 0 Å². The molecule has 0 spiro atoms. The maximum absolute atomic E-state index is 12.5. The summed E-state index contributed by atoms with van der Waals surface area (Å²) >= 11 is 5.85. The number of hydrogen-bond acceptors (Lipinski definition) is 6. The van der Waals surface area contributed by atoms with Crippen LogP contribution in [0.2, 0.25) is 5.02 Å². The van der Waals surface area contributed by atoms with Crippen molar-refractivity contribution in [3.63, 3.8) is 0 Å². The third kappa shape index (κ3) is 5.87. The topological polar surface area (TPSA) is 106 Å². The Morgan fingerprint density at radius 2 is 1.62 bits per heavy atom. The molecule has 0 fully saturated rings. The Morgan fingerprint density at radius 1 is 0.912 bits per heavy atom. The zero-order valence-electron chi connectivity index (χ0n) is 18.0. The first kappa shape index (κ1) is 22.8. The first-order chi connectivity index (χ1) is 16.5. The number of carbonyl (C=O) groups excluding carboxylic acids is 2. The zero-order chi connectivity index (χ0) is 23.9. The second-order valence-electron chi connectivity index (χ2n) is 7.05. The lowest BCUT2D eigenvalue weighted by atomic mass is 10.2. The molecule has 4 rings (SSSR count). The second kappa shape index (κ2) is 10.5. The van der Waals surface area contributed by atoms with Crippen LogP contribution in [0.15, 0.2) is 83.3 Å². The minimum Gasteiger partial charge on any atom is -0.497 e. The van der Waals surface area contributed by atoms with Gasteiger partial charge in [0.05, 0.1) is 7.11 Å². The predicted molar refractivity (Wildman–Crippen MR) is 130 cm³/mol. The van der Waals surface area contributed by atoms with Crippen molar-refractivity contribution in [1.82, 2.24) is 10.2 Å². The molecule has 0 unspecified atom stereocenters. The third-order valence-corrected chi connectivity index (χ3v) is 4.95. The van der Waals surface area contributed by atoms with E-state index in [1.54, 1.807) is 73.8 Å². The van der Waals surface area contributed by atoms with E-state index in [1.165, 1.54) is 6.08 Å². The fraction of sp³-hybridized carbons (Fsp3) is 0.0400. The van der Waals surface area contributed by atoms with Crippen molar-refractivity contribution in [3.05, 3.63) is 95.0 Å². The molecule has 0 radical (unpaired) electrons. The van der Waals surface area contributed by atoms with Crippen LogP contribution in [0.1, 0.15) is 15.9 Å². The average Bonchev–Trinajstić information content (AvgIpc) is 3.32. The van der Waals surface area contributed by atoms with Gasteiger partial charge < -0.3 is 14.5 Å². The van der Waals surface area contributed by atoms with Gasteiger partial charge in [-0.15, -0.1) is 5.10 Å². The highest BCUT2D eigenvalue weighted by Crippen LogP contribution is 2.23. The number of benzene rings is 3. The van der Waals surface area contributed by atoms with Gasteiger partial charge in [0, 0.05) is 27.9 Å². The molecule has 0 aliphatic rings. The van der Waals surface area contributed by atoms with Crippen LogP contribution in [0, 0.1) is 0 Å². The minimum atomic E-state index is -0.426. The van der Waals surface area contributed by atoms with Gasteiger partial charge in [0.15, 0.2) is 0 Å². The largest absolute Gasteiger partial charge is 0.497 e. The Kier molecular flexibility index (Phi) is 7.00. The fourth-order valence-corrected chi connectivity index (χ4v) is 3.05. The van der Waals surface area contributed by atoms with E-state index in [0.29, 0.717) is 27.6 Å². The lowest BCUT2D eigenvalue weighted by Crippen LogP contribution is -2.12. The smallest absolute Gasteiger partial charge is 0.322 e. The highest BCUT2D eigenvalue weighted by atomic mass is 35.5. The first-order valence-electron chi connectivity index (χ1n) is 10.1. The maximum Gasteiger partial charge on any atom is 0.322 e. The summed E-state index contributed by atoms with van der Waals surface area (Å²) in [6, 6.07) is 20.6. The zero-order valence-corrected chi connectivity index (χ0v) is 18.7. The Balaban J connectivity index is 1.33. The number of ether oxygens (including phenoxy) is 1. The number of rotatable bonds is 7. The van der Waals surface area contributed by atoms with Crippen LogP contribution in [0.3, 0.4) is 0 Å². The van der Waals surface area contributed by atoms with Crippen molar-refractivity contribution in [2.24, 2.45) is 0 Å². The van der Waals surface area contributed by atoms with Crippen LogP contribution in [0.5, 0.6) is 5.75 Å². The number of nitrogens with zero attached hydrogens (tertiary/aromatic N) is 2. The summed E-state index contributed by atoms with van der Waals surface area (Å²) in [4.78, 5) is 24.6. The van der Waals surface area contributed by atoms with Crippen molar-refractivity contribution in [2.75, 3.05) is 17.7 Å². The van der Waals surface area contributed by atoms with Crippen LogP contribution in [-0.4, -0.2) is 29.1 Å². The molecule has 3 aromatic carbocycles. The molecular formula is C25H19ClN4O4. The van der Waals surface area contributed by atoms with E-state index in [2.05, 4.69) is 20.8 Å². The number of methoxy groups -OCH3 is 1. The summed E-state index contributed by atoms with van der Waals surface area (Å²) in [6.45, 7) is 0. The van der Waals surface area contributed by atoms with Crippen LogP contribution >= 0.6 is 11.6 Å². The summed E-state index contributed by atoms with van der Waals surface area (Å²) in [5, 5.41) is 13.7. The molecule has 8 nitrogen and oxygen atoms in total. The van der Waals surface area contributed by atoms with Gasteiger partial charge in [0.1, 0.15) is 5.75 Å². The lowest BCUT2D eigenvalue weighted by molar-refractivity contribution is -0.111. The predicted octanol–water partition coefficient (Wildman–Crippen LogP) is 5.30. The number of carbonyl (C=O) groups is 2. The fourth-order valence-electron chi connectivity index (χ4n) is 2.93. The summed E-state index contributed by atoms with van der Waals surface area (Å²) in [5.74, 6) is 0.242.